The maximum atomic E-state index is 5.68. The molecule has 0 aliphatic carbocycles. The second-order valence-corrected chi connectivity index (χ2v) is 5.36. The first kappa shape index (κ1) is 12.6. The quantitative estimate of drug-likeness (QED) is 0.905. The first-order valence-corrected chi connectivity index (χ1v) is 7.21. The zero-order valence-electron chi connectivity index (χ0n) is 11.3. The molecule has 0 spiro atoms. The summed E-state index contributed by atoms with van der Waals surface area (Å²) < 4.78 is 11.2. The third kappa shape index (κ3) is 2.78. The standard InChI is InChI=1S/C15H22N2O2/c16-6-5-12-2-1-7-17(11-12)13-3-4-14-15(10-13)19-9-8-18-14/h3-4,10,12H,1-2,5-9,11,16H2. The van der Waals surface area contributed by atoms with E-state index < -0.39 is 0 Å². The van der Waals surface area contributed by atoms with Gasteiger partial charge in [0, 0.05) is 24.8 Å². The smallest absolute Gasteiger partial charge is 0.163 e. The van der Waals surface area contributed by atoms with Crippen molar-refractivity contribution in [2.75, 3.05) is 37.7 Å². The van der Waals surface area contributed by atoms with Crippen LogP contribution in [-0.4, -0.2) is 32.8 Å². The molecule has 3 rings (SSSR count). The van der Waals surface area contributed by atoms with Crippen LogP contribution in [-0.2, 0) is 0 Å². The Labute approximate surface area is 114 Å². The van der Waals surface area contributed by atoms with Crippen molar-refractivity contribution in [1.29, 1.82) is 0 Å². The average molecular weight is 262 g/mol. The van der Waals surface area contributed by atoms with E-state index in [-0.39, 0.29) is 0 Å². The Morgan fingerprint density at radius 2 is 2.05 bits per heavy atom. The summed E-state index contributed by atoms with van der Waals surface area (Å²) in [5.41, 5.74) is 6.92. The van der Waals surface area contributed by atoms with Gasteiger partial charge in [-0.2, -0.15) is 0 Å². The summed E-state index contributed by atoms with van der Waals surface area (Å²) >= 11 is 0. The average Bonchev–Trinajstić information content (AvgIpc) is 2.47. The van der Waals surface area contributed by atoms with Crippen LogP contribution in [0.1, 0.15) is 19.3 Å². The summed E-state index contributed by atoms with van der Waals surface area (Å²) in [4.78, 5) is 2.45. The molecule has 0 amide bonds. The molecule has 0 radical (unpaired) electrons. The maximum absolute atomic E-state index is 5.68. The van der Waals surface area contributed by atoms with Gasteiger partial charge in [-0.1, -0.05) is 0 Å². The molecule has 104 valence electrons. The fourth-order valence-electron chi connectivity index (χ4n) is 3.00. The number of nitrogens with zero attached hydrogens (tertiary/aromatic N) is 1. The topological polar surface area (TPSA) is 47.7 Å². The van der Waals surface area contributed by atoms with E-state index >= 15 is 0 Å². The molecule has 4 nitrogen and oxygen atoms in total. The van der Waals surface area contributed by atoms with E-state index in [1.807, 2.05) is 6.07 Å². The van der Waals surface area contributed by atoms with Gasteiger partial charge in [0.2, 0.25) is 0 Å². The van der Waals surface area contributed by atoms with Gasteiger partial charge in [-0.25, -0.2) is 0 Å². The number of anilines is 1. The summed E-state index contributed by atoms with van der Waals surface area (Å²) in [5.74, 6) is 2.47. The highest BCUT2D eigenvalue weighted by molar-refractivity contribution is 5.57. The molecule has 0 aromatic heterocycles. The van der Waals surface area contributed by atoms with Crippen molar-refractivity contribution in [1.82, 2.24) is 0 Å². The summed E-state index contributed by atoms with van der Waals surface area (Å²) in [5, 5.41) is 0. The van der Waals surface area contributed by atoms with Crippen LogP contribution in [0.3, 0.4) is 0 Å². The fourth-order valence-corrected chi connectivity index (χ4v) is 3.00. The van der Waals surface area contributed by atoms with Crippen molar-refractivity contribution in [3.63, 3.8) is 0 Å². The van der Waals surface area contributed by atoms with Crippen molar-refractivity contribution >= 4 is 5.69 Å². The lowest BCUT2D eigenvalue weighted by Gasteiger charge is -2.35. The lowest BCUT2D eigenvalue weighted by atomic mass is 9.94. The molecule has 2 aliphatic heterocycles. The molecule has 1 unspecified atom stereocenters. The highest BCUT2D eigenvalue weighted by Crippen LogP contribution is 2.35. The highest BCUT2D eigenvalue weighted by Gasteiger charge is 2.21. The van der Waals surface area contributed by atoms with E-state index in [4.69, 9.17) is 15.2 Å². The van der Waals surface area contributed by atoms with Crippen LogP contribution in [0, 0.1) is 5.92 Å². The molecule has 1 aromatic rings. The van der Waals surface area contributed by atoms with Crippen molar-refractivity contribution in [3.8, 4) is 11.5 Å². The molecule has 4 heteroatoms. The zero-order valence-corrected chi connectivity index (χ0v) is 11.3. The minimum atomic E-state index is 0.645. The summed E-state index contributed by atoms with van der Waals surface area (Å²) in [6.07, 6.45) is 3.68. The predicted molar refractivity (Wildman–Crippen MR) is 76.0 cm³/mol. The molecule has 2 heterocycles. The predicted octanol–water partition coefficient (Wildman–Crippen LogP) is 2.02. The van der Waals surface area contributed by atoms with E-state index in [0.29, 0.717) is 13.2 Å². The van der Waals surface area contributed by atoms with E-state index in [9.17, 15) is 0 Å². The first-order valence-electron chi connectivity index (χ1n) is 7.21. The normalized spacial score (nSPS) is 22.4. The summed E-state index contributed by atoms with van der Waals surface area (Å²) in [7, 11) is 0. The van der Waals surface area contributed by atoms with Crippen molar-refractivity contribution in [3.05, 3.63) is 18.2 Å². The molecule has 2 N–H and O–H groups in total. The Bertz CT molecular complexity index is 434. The molecule has 0 bridgehead atoms. The number of piperidine rings is 1. The third-order valence-corrected chi connectivity index (χ3v) is 3.98. The Balaban J connectivity index is 1.74. The van der Waals surface area contributed by atoms with E-state index in [0.717, 1.165) is 43.5 Å². The summed E-state index contributed by atoms with van der Waals surface area (Å²) in [6, 6.07) is 6.27. The lowest BCUT2D eigenvalue weighted by molar-refractivity contribution is 0.171. The van der Waals surface area contributed by atoms with E-state index in [2.05, 4.69) is 17.0 Å². The van der Waals surface area contributed by atoms with Crippen LogP contribution in [0.25, 0.3) is 0 Å². The Kier molecular flexibility index (Phi) is 3.78. The molecule has 1 atom stereocenters. The van der Waals surface area contributed by atoms with Crippen molar-refractivity contribution in [2.45, 2.75) is 19.3 Å². The molecule has 1 fully saturated rings. The van der Waals surface area contributed by atoms with E-state index in [1.54, 1.807) is 0 Å². The van der Waals surface area contributed by atoms with Crippen molar-refractivity contribution < 1.29 is 9.47 Å². The highest BCUT2D eigenvalue weighted by atomic mass is 16.6. The number of benzene rings is 1. The van der Waals surface area contributed by atoms with E-state index in [1.165, 1.54) is 18.5 Å². The van der Waals surface area contributed by atoms with Gasteiger partial charge < -0.3 is 20.1 Å². The lowest BCUT2D eigenvalue weighted by Crippen LogP contribution is -2.36. The number of rotatable bonds is 3. The fraction of sp³-hybridized carbons (Fsp3) is 0.600. The first-order chi connectivity index (χ1) is 9.36. The van der Waals surface area contributed by atoms with Gasteiger partial charge in [0.05, 0.1) is 0 Å². The third-order valence-electron chi connectivity index (χ3n) is 3.98. The minimum absolute atomic E-state index is 0.645. The summed E-state index contributed by atoms with van der Waals surface area (Å²) in [6.45, 7) is 4.32. The molecule has 0 saturated carbocycles. The van der Waals surface area contributed by atoms with Gasteiger partial charge in [0.15, 0.2) is 11.5 Å². The number of hydrogen-bond acceptors (Lipinski definition) is 4. The SMILES string of the molecule is NCCC1CCCN(c2ccc3c(c2)OCCO3)C1. The number of fused-ring (bicyclic) bond motifs is 1. The second-order valence-electron chi connectivity index (χ2n) is 5.36. The van der Waals surface area contributed by atoms with Crippen LogP contribution >= 0.6 is 0 Å². The molecule has 2 aliphatic rings. The molecule has 1 saturated heterocycles. The van der Waals surface area contributed by atoms with Crippen LogP contribution in [0.5, 0.6) is 11.5 Å². The van der Waals surface area contributed by atoms with Crippen LogP contribution < -0.4 is 20.1 Å². The van der Waals surface area contributed by atoms with Crippen LogP contribution in [0.15, 0.2) is 18.2 Å². The Hall–Kier alpha value is -1.42. The second kappa shape index (κ2) is 5.70. The van der Waals surface area contributed by atoms with Gasteiger partial charge >= 0.3 is 0 Å². The number of ether oxygens (including phenoxy) is 2. The number of hydrogen-bond donors (Lipinski definition) is 1. The van der Waals surface area contributed by atoms with Gasteiger partial charge in [-0.05, 0) is 43.9 Å². The van der Waals surface area contributed by atoms with Gasteiger partial charge in [-0.3, -0.25) is 0 Å². The van der Waals surface area contributed by atoms with Gasteiger partial charge in [0.1, 0.15) is 13.2 Å². The Morgan fingerprint density at radius 1 is 1.21 bits per heavy atom. The van der Waals surface area contributed by atoms with Gasteiger partial charge in [-0.15, -0.1) is 0 Å². The molecular formula is C15H22N2O2. The largest absolute Gasteiger partial charge is 0.486 e. The maximum Gasteiger partial charge on any atom is 0.163 e. The van der Waals surface area contributed by atoms with Crippen LogP contribution in [0.2, 0.25) is 0 Å². The molecular weight excluding hydrogens is 240 g/mol. The van der Waals surface area contributed by atoms with Crippen LogP contribution in [0.4, 0.5) is 5.69 Å². The molecule has 1 aromatic carbocycles. The molecule has 19 heavy (non-hydrogen) atoms. The number of nitrogens with two attached hydrogens (primary N) is 1. The zero-order chi connectivity index (χ0) is 13.1. The van der Waals surface area contributed by atoms with Crippen molar-refractivity contribution in [2.24, 2.45) is 11.7 Å². The minimum Gasteiger partial charge on any atom is -0.486 e. The van der Waals surface area contributed by atoms with Gasteiger partial charge in [0.25, 0.3) is 0 Å². The Morgan fingerprint density at radius 3 is 2.89 bits per heavy atom. The monoisotopic (exact) mass is 262 g/mol.